The minimum Gasteiger partial charge on any atom is -0.0767 e. The van der Waals surface area contributed by atoms with Crippen molar-refractivity contribution in [1.82, 2.24) is 0 Å². The van der Waals surface area contributed by atoms with Crippen LogP contribution in [0, 0.1) is 12.8 Å². The van der Waals surface area contributed by atoms with E-state index in [1.165, 1.54) is 27.8 Å². The molecule has 0 heteroatoms. The molecule has 0 nitrogen and oxygen atoms in total. The van der Waals surface area contributed by atoms with Gasteiger partial charge in [-0.1, -0.05) is 84.5 Å². The topological polar surface area (TPSA) is 0 Å². The maximum Gasteiger partial charge on any atom is 0.0199 e. The smallest absolute Gasteiger partial charge is 0.0199 e. The SMILES string of the molecule is Cc1ccc2c(c1)C(C1C=CC=CC=C1)c1ccccc1-2. The second-order valence-electron chi connectivity index (χ2n) is 5.89. The zero-order valence-electron chi connectivity index (χ0n) is 12.2. The van der Waals surface area contributed by atoms with Crippen LogP contribution in [-0.4, -0.2) is 0 Å². The lowest BCUT2D eigenvalue weighted by atomic mass is 9.83. The Bertz CT molecular complexity index is 758. The first kappa shape index (κ1) is 12.4. The van der Waals surface area contributed by atoms with Gasteiger partial charge < -0.3 is 0 Å². The Labute approximate surface area is 126 Å². The summed E-state index contributed by atoms with van der Waals surface area (Å²) < 4.78 is 0. The minimum atomic E-state index is 0.421. The zero-order valence-corrected chi connectivity index (χ0v) is 12.2. The van der Waals surface area contributed by atoms with E-state index in [-0.39, 0.29) is 0 Å². The van der Waals surface area contributed by atoms with Gasteiger partial charge in [-0.3, -0.25) is 0 Å². The average Bonchev–Trinajstić information content (AvgIpc) is 2.66. The lowest BCUT2D eigenvalue weighted by Gasteiger charge is -2.20. The first-order valence-electron chi connectivity index (χ1n) is 7.56. The highest BCUT2D eigenvalue weighted by molar-refractivity contribution is 5.79. The lowest BCUT2D eigenvalue weighted by molar-refractivity contribution is 0.700. The van der Waals surface area contributed by atoms with Crippen LogP contribution in [0.3, 0.4) is 0 Å². The number of hydrogen-bond acceptors (Lipinski definition) is 0. The van der Waals surface area contributed by atoms with E-state index in [0.29, 0.717) is 11.8 Å². The standard InChI is InChI=1S/C21H18/c1-15-12-13-18-17-10-6-7-11-19(17)21(20(18)14-15)16-8-4-2-3-5-9-16/h2-14,16,21H,1H3. The Morgan fingerprint density at radius 3 is 2.24 bits per heavy atom. The Morgan fingerprint density at radius 1 is 0.714 bits per heavy atom. The van der Waals surface area contributed by atoms with Crippen molar-refractivity contribution in [3.8, 4) is 11.1 Å². The molecule has 1 unspecified atom stereocenters. The van der Waals surface area contributed by atoms with Crippen molar-refractivity contribution in [2.45, 2.75) is 12.8 Å². The minimum absolute atomic E-state index is 0.421. The van der Waals surface area contributed by atoms with E-state index in [0.717, 1.165) is 0 Å². The van der Waals surface area contributed by atoms with Gasteiger partial charge in [0, 0.05) is 11.8 Å². The molecule has 2 aliphatic carbocycles. The molecule has 0 N–H and O–H groups in total. The van der Waals surface area contributed by atoms with E-state index in [9.17, 15) is 0 Å². The highest BCUT2D eigenvalue weighted by Gasteiger charge is 2.32. The molecule has 4 rings (SSSR count). The van der Waals surface area contributed by atoms with Crippen molar-refractivity contribution in [3.05, 3.63) is 95.6 Å². The number of hydrogen-bond donors (Lipinski definition) is 0. The Balaban J connectivity index is 1.93. The molecule has 2 aliphatic rings. The second-order valence-corrected chi connectivity index (χ2v) is 5.89. The second kappa shape index (κ2) is 4.89. The predicted octanol–water partition coefficient (Wildman–Crippen LogP) is 5.41. The van der Waals surface area contributed by atoms with Gasteiger partial charge in [-0.05, 0) is 29.2 Å². The molecule has 0 bridgehead atoms. The van der Waals surface area contributed by atoms with Crippen LogP contribution in [0.1, 0.15) is 22.6 Å². The van der Waals surface area contributed by atoms with Crippen molar-refractivity contribution in [2.24, 2.45) is 5.92 Å². The molecule has 0 amide bonds. The quantitative estimate of drug-likeness (QED) is 0.650. The van der Waals surface area contributed by atoms with E-state index in [1.807, 2.05) is 0 Å². The summed E-state index contributed by atoms with van der Waals surface area (Å²) in [5, 5.41) is 0. The monoisotopic (exact) mass is 270 g/mol. The van der Waals surface area contributed by atoms with Gasteiger partial charge in [0.15, 0.2) is 0 Å². The summed E-state index contributed by atoms with van der Waals surface area (Å²) in [6.07, 6.45) is 13.2. The van der Waals surface area contributed by atoms with E-state index >= 15 is 0 Å². The van der Waals surface area contributed by atoms with Crippen LogP contribution in [0.2, 0.25) is 0 Å². The largest absolute Gasteiger partial charge is 0.0767 e. The fourth-order valence-corrected chi connectivity index (χ4v) is 3.58. The summed E-state index contributed by atoms with van der Waals surface area (Å²) in [4.78, 5) is 0. The van der Waals surface area contributed by atoms with Crippen LogP contribution in [0.4, 0.5) is 0 Å². The Morgan fingerprint density at radius 2 is 1.43 bits per heavy atom. The third-order valence-corrected chi connectivity index (χ3v) is 4.51. The van der Waals surface area contributed by atoms with Gasteiger partial charge >= 0.3 is 0 Å². The van der Waals surface area contributed by atoms with Gasteiger partial charge in [0.05, 0.1) is 0 Å². The average molecular weight is 270 g/mol. The van der Waals surface area contributed by atoms with Crippen LogP contribution in [0.15, 0.2) is 78.9 Å². The third kappa shape index (κ3) is 1.99. The van der Waals surface area contributed by atoms with Crippen LogP contribution < -0.4 is 0 Å². The summed E-state index contributed by atoms with van der Waals surface area (Å²) in [5.41, 5.74) is 7.07. The molecular weight excluding hydrogens is 252 g/mol. The molecule has 2 aromatic carbocycles. The molecule has 0 saturated heterocycles. The lowest BCUT2D eigenvalue weighted by Crippen LogP contribution is -2.07. The van der Waals surface area contributed by atoms with E-state index < -0.39 is 0 Å². The van der Waals surface area contributed by atoms with Gasteiger partial charge in [0.2, 0.25) is 0 Å². The number of benzene rings is 2. The van der Waals surface area contributed by atoms with Crippen molar-refractivity contribution in [1.29, 1.82) is 0 Å². The van der Waals surface area contributed by atoms with E-state index in [4.69, 9.17) is 0 Å². The summed E-state index contributed by atoms with van der Waals surface area (Å²) in [7, 11) is 0. The fourth-order valence-electron chi connectivity index (χ4n) is 3.58. The van der Waals surface area contributed by atoms with Crippen molar-refractivity contribution in [2.75, 3.05) is 0 Å². The summed E-state index contributed by atoms with van der Waals surface area (Å²) in [6.45, 7) is 2.18. The number of allylic oxidation sites excluding steroid dienone is 6. The number of aryl methyl sites for hydroxylation is 1. The van der Waals surface area contributed by atoms with Gasteiger partial charge in [-0.15, -0.1) is 0 Å². The highest BCUT2D eigenvalue weighted by Crippen LogP contribution is 2.49. The van der Waals surface area contributed by atoms with Crippen LogP contribution >= 0.6 is 0 Å². The number of fused-ring (bicyclic) bond motifs is 3. The summed E-state index contributed by atoms with van der Waals surface area (Å²) in [6, 6.07) is 15.7. The maximum absolute atomic E-state index is 2.36. The summed E-state index contributed by atoms with van der Waals surface area (Å²) in [5.74, 6) is 0.854. The molecule has 0 radical (unpaired) electrons. The molecule has 0 heterocycles. The molecule has 2 aromatic rings. The van der Waals surface area contributed by atoms with Crippen molar-refractivity contribution >= 4 is 0 Å². The van der Waals surface area contributed by atoms with E-state index in [1.54, 1.807) is 0 Å². The molecule has 0 aliphatic heterocycles. The van der Waals surface area contributed by atoms with Gasteiger partial charge in [0.25, 0.3) is 0 Å². The summed E-state index contributed by atoms with van der Waals surface area (Å²) >= 11 is 0. The van der Waals surface area contributed by atoms with Gasteiger partial charge in [-0.2, -0.15) is 0 Å². The Hall–Kier alpha value is -2.34. The van der Waals surface area contributed by atoms with Crippen LogP contribution in [0.25, 0.3) is 11.1 Å². The molecule has 0 spiro atoms. The molecular formula is C21H18. The molecule has 0 aromatic heterocycles. The van der Waals surface area contributed by atoms with Gasteiger partial charge in [-0.25, -0.2) is 0 Å². The third-order valence-electron chi connectivity index (χ3n) is 4.51. The molecule has 1 atom stereocenters. The molecule has 102 valence electrons. The first-order valence-corrected chi connectivity index (χ1v) is 7.56. The zero-order chi connectivity index (χ0) is 14.2. The number of rotatable bonds is 1. The van der Waals surface area contributed by atoms with Crippen molar-refractivity contribution in [3.63, 3.8) is 0 Å². The molecule has 0 fully saturated rings. The highest BCUT2D eigenvalue weighted by atomic mass is 14.3. The predicted molar refractivity (Wildman–Crippen MR) is 89.4 cm³/mol. The van der Waals surface area contributed by atoms with Crippen LogP contribution in [0.5, 0.6) is 0 Å². The van der Waals surface area contributed by atoms with Gasteiger partial charge in [0.1, 0.15) is 0 Å². The van der Waals surface area contributed by atoms with E-state index in [2.05, 4.69) is 85.8 Å². The fraction of sp³-hybridized carbons (Fsp3) is 0.143. The Kier molecular flexibility index (Phi) is 2.89. The first-order chi connectivity index (χ1) is 10.3. The normalized spacial score (nSPS) is 19.4. The molecule has 0 saturated carbocycles. The van der Waals surface area contributed by atoms with Crippen LogP contribution in [-0.2, 0) is 0 Å². The van der Waals surface area contributed by atoms with Crippen molar-refractivity contribution < 1.29 is 0 Å². The molecule has 21 heavy (non-hydrogen) atoms. The maximum atomic E-state index is 2.36.